The summed E-state index contributed by atoms with van der Waals surface area (Å²) in [7, 11) is 0. The maximum absolute atomic E-state index is 12.2. The number of carbonyl (C=O) groups is 1. The first kappa shape index (κ1) is 15.5. The molecule has 0 fully saturated rings. The zero-order chi connectivity index (χ0) is 17.1. The second-order valence-corrected chi connectivity index (χ2v) is 5.17. The van der Waals surface area contributed by atoms with E-state index >= 15 is 0 Å². The van der Waals surface area contributed by atoms with Crippen molar-refractivity contribution in [1.82, 2.24) is 0 Å². The summed E-state index contributed by atoms with van der Waals surface area (Å²) in [5, 5.41) is 13.7. The monoisotopic (exact) mass is 326 g/mol. The van der Waals surface area contributed by atoms with E-state index in [0.29, 0.717) is 28.3 Å². The normalized spacial score (nSPS) is 12.4. The Labute approximate surface area is 137 Å². The zero-order valence-electron chi connectivity index (χ0n) is 12.8. The molecule has 0 radical (unpaired) electrons. The number of fused-ring (bicyclic) bond motifs is 1. The van der Waals surface area contributed by atoms with Crippen LogP contribution in [-0.4, -0.2) is 17.5 Å². The molecule has 2 aromatic carbocycles. The van der Waals surface area contributed by atoms with Gasteiger partial charge in [-0.1, -0.05) is 0 Å². The van der Waals surface area contributed by atoms with Gasteiger partial charge in [-0.05, 0) is 36.8 Å². The molecule has 0 amide bonds. The van der Waals surface area contributed by atoms with Crippen LogP contribution in [0.1, 0.15) is 15.9 Å². The minimum atomic E-state index is -0.449. The number of allylic oxidation sites excluding steroid dienone is 1. The molecule has 0 aliphatic carbocycles. The molecular weight excluding hydrogens is 312 g/mol. The van der Waals surface area contributed by atoms with Gasteiger partial charge in [0.2, 0.25) is 6.79 Å². The van der Waals surface area contributed by atoms with E-state index in [1.807, 2.05) is 0 Å². The molecule has 0 atom stereocenters. The summed E-state index contributed by atoms with van der Waals surface area (Å²) in [5.74, 6) is 0.976. The largest absolute Gasteiger partial charge is 0.454 e. The Kier molecular flexibility index (Phi) is 4.15. The first-order valence-corrected chi connectivity index (χ1v) is 7.17. The van der Waals surface area contributed by atoms with Gasteiger partial charge in [0.1, 0.15) is 0 Å². The Morgan fingerprint density at radius 3 is 2.75 bits per heavy atom. The molecular formula is C17H14N2O5. The number of ether oxygens (including phenoxy) is 2. The van der Waals surface area contributed by atoms with Crippen molar-refractivity contribution >= 4 is 17.2 Å². The van der Waals surface area contributed by atoms with Crippen molar-refractivity contribution in [3.63, 3.8) is 0 Å². The number of ketones is 1. The highest BCUT2D eigenvalue weighted by Crippen LogP contribution is 2.32. The molecule has 24 heavy (non-hydrogen) atoms. The molecule has 2 aromatic rings. The summed E-state index contributed by atoms with van der Waals surface area (Å²) in [6.45, 7) is 1.91. The van der Waals surface area contributed by atoms with Crippen molar-refractivity contribution in [3.05, 3.63) is 69.9 Å². The summed E-state index contributed by atoms with van der Waals surface area (Å²) in [6.07, 6.45) is 2.89. The van der Waals surface area contributed by atoms with E-state index in [9.17, 15) is 14.9 Å². The molecule has 1 aliphatic rings. The lowest BCUT2D eigenvalue weighted by molar-refractivity contribution is -0.384. The topological polar surface area (TPSA) is 90.7 Å². The fourth-order valence-electron chi connectivity index (χ4n) is 2.28. The van der Waals surface area contributed by atoms with Crippen LogP contribution in [0.5, 0.6) is 11.5 Å². The summed E-state index contributed by atoms with van der Waals surface area (Å²) in [4.78, 5) is 22.4. The van der Waals surface area contributed by atoms with Gasteiger partial charge in [-0.15, -0.1) is 0 Å². The number of rotatable bonds is 5. The van der Waals surface area contributed by atoms with Crippen LogP contribution in [0.4, 0.5) is 11.4 Å². The number of non-ortho nitro benzene ring substituents is 1. The highest BCUT2D eigenvalue weighted by molar-refractivity contribution is 6.05. The summed E-state index contributed by atoms with van der Waals surface area (Å²) < 4.78 is 10.4. The molecule has 0 unspecified atom stereocenters. The Bertz CT molecular complexity index is 845. The van der Waals surface area contributed by atoms with Crippen molar-refractivity contribution < 1.29 is 19.2 Å². The number of nitrogens with zero attached hydrogens (tertiary/aromatic N) is 1. The molecule has 0 saturated heterocycles. The standard InChI is InChI=1S/C17H14N2O5/c1-11-8-13(19(21)22)3-4-14(11)18-7-6-15(20)12-2-5-16-17(9-12)24-10-23-16/h2-9,18H,10H2,1H3/b7-6-. The third-order valence-electron chi connectivity index (χ3n) is 3.55. The lowest BCUT2D eigenvalue weighted by Gasteiger charge is -2.05. The first-order chi connectivity index (χ1) is 11.5. The molecule has 7 heteroatoms. The van der Waals surface area contributed by atoms with Gasteiger partial charge < -0.3 is 14.8 Å². The molecule has 7 nitrogen and oxygen atoms in total. The number of hydrogen-bond donors (Lipinski definition) is 1. The van der Waals surface area contributed by atoms with Crippen LogP contribution in [0.25, 0.3) is 0 Å². The predicted molar refractivity (Wildman–Crippen MR) is 87.5 cm³/mol. The van der Waals surface area contributed by atoms with Gasteiger partial charge >= 0.3 is 0 Å². The van der Waals surface area contributed by atoms with Crippen molar-refractivity contribution in [2.24, 2.45) is 0 Å². The number of nitro groups is 1. The van der Waals surface area contributed by atoms with E-state index in [4.69, 9.17) is 9.47 Å². The van der Waals surface area contributed by atoms with Crippen LogP contribution in [0.2, 0.25) is 0 Å². The van der Waals surface area contributed by atoms with E-state index in [2.05, 4.69) is 5.32 Å². The summed E-state index contributed by atoms with van der Waals surface area (Å²) in [6, 6.07) is 9.46. The second kappa shape index (κ2) is 6.41. The minimum absolute atomic E-state index is 0.0264. The Hall–Kier alpha value is -3.35. The van der Waals surface area contributed by atoms with Crippen LogP contribution < -0.4 is 14.8 Å². The second-order valence-electron chi connectivity index (χ2n) is 5.17. The van der Waals surface area contributed by atoms with Crippen molar-refractivity contribution in [1.29, 1.82) is 0 Å². The molecule has 0 bridgehead atoms. The van der Waals surface area contributed by atoms with E-state index in [1.54, 1.807) is 31.2 Å². The molecule has 0 spiro atoms. The van der Waals surface area contributed by atoms with Crippen LogP contribution >= 0.6 is 0 Å². The maximum Gasteiger partial charge on any atom is 0.269 e. The van der Waals surface area contributed by atoms with E-state index in [0.717, 1.165) is 0 Å². The van der Waals surface area contributed by atoms with Crippen LogP contribution in [0, 0.1) is 17.0 Å². The number of hydrogen-bond acceptors (Lipinski definition) is 6. The van der Waals surface area contributed by atoms with Gasteiger partial charge in [0.05, 0.1) is 4.92 Å². The Morgan fingerprint density at radius 1 is 1.21 bits per heavy atom. The number of carbonyl (C=O) groups excluding carboxylic acids is 1. The van der Waals surface area contributed by atoms with Gasteiger partial charge in [0.15, 0.2) is 17.3 Å². The SMILES string of the molecule is Cc1cc([N+](=O)[O-])ccc1N/C=C\C(=O)c1ccc2c(c1)OCO2. The lowest BCUT2D eigenvalue weighted by Crippen LogP contribution is -1.98. The van der Waals surface area contributed by atoms with Gasteiger partial charge in [0.25, 0.3) is 5.69 Å². The first-order valence-electron chi connectivity index (χ1n) is 7.17. The molecule has 1 N–H and O–H groups in total. The fraction of sp³-hybridized carbons (Fsp3) is 0.118. The summed E-state index contributed by atoms with van der Waals surface area (Å²) in [5.41, 5.74) is 1.91. The van der Waals surface area contributed by atoms with E-state index < -0.39 is 4.92 Å². The number of benzene rings is 2. The quantitative estimate of drug-likeness (QED) is 0.392. The molecule has 1 heterocycles. The average molecular weight is 326 g/mol. The highest BCUT2D eigenvalue weighted by atomic mass is 16.7. The number of aryl methyl sites for hydroxylation is 1. The van der Waals surface area contributed by atoms with Gasteiger partial charge in [-0.3, -0.25) is 14.9 Å². The van der Waals surface area contributed by atoms with Crippen LogP contribution in [0.3, 0.4) is 0 Å². The van der Waals surface area contributed by atoms with Gasteiger partial charge in [0, 0.05) is 35.7 Å². The molecule has 0 saturated carbocycles. The predicted octanol–water partition coefficient (Wildman–Crippen LogP) is 3.44. The highest BCUT2D eigenvalue weighted by Gasteiger charge is 2.15. The van der Waals surface area contributed by atoms with E-state index in [-0.39, 0.29) is 18.3 Å². The van der Waals surface area contributed by atoms with Crippen LogP contribution in [0.15, 0.2) is 48.7 Å². The van der Waals surface area contributed by atoms with E-state index in [1.165, 1.54) is 24.4 Å². The van der Waals surface area contributed by atoms with Crippen molar-refractivity contribution in [2.75, 3.05) is 12.1 Å². The smallest absolute Gasteiger partial charge is 0.269 e. The van der Waals surface area contributed by atoms with Crippen molar-refractivity contribution in [2.45, 2.75) is 6.92 Å². The Morgan fingerprint density at radius 2 is 2.00 bits per heavy atom. The number of nitro benzene ring substituents is 1. The minimum Gasteiger partial charge on any atom is -0.454 e. The summed E-state index contributed by atoms with van der Waals surface area (Å²) >= 11 is 0. The molecule has 122 valence electrons. The average Bonchev–Trinajstić information content (AvgIpc) is 3.03. The van der Waals surface area contributed by atoms with Crippen LogP contribution in [-0.2, 0) is 0 Å². The third-order valence-corrected chi connectivity index (χ3v) is 3.55. The zero-order valence-corrected chi connectivity index (χ0v) is 12.8. The van der Waals surface area contributed by atoms with Crippen molar-refractivity contribution in [3.8, 4) is 11.5 Å². The molecule has 3 rings (SSSR count). The third kappa shape index (κ3) is 3.19. The van der Waals surface area contributed by atoms with Gasteiger partial charge in [-0.2, -0.15) is 0 Å². The number of anilines is 1. The maximum atomic E-state index is 12.2. The number of nitrogens with one attached hydrogen (secondary N) is 1. The lowest BCUT2D eigenvalue weighted by atomic mass is 10.1. The molecule has 0 aromatic heterocycles. The van der Waals surface area contributed by atoms with Gasteiger partial charge in [-0.25, -0.2) is 0 Å². The molecule has 1 aliphatic heterocycles. The fourth-order valence-corrected chi connectivity index (χ4v) is 2.28. The Balaban J connectivity index is 1.68.